The van der Waals surface area contributed by atoms with Gasteiger partial charge in [0.05, 0.1) is 5.02 Å². The van der Waals surface area contributed by atoms with Crippen LogP contribution in [0, 0.1) is 5.92 Å². The van der Waals surface area contributed by atoms with Crippen LogP contribution in [0.1, 0.15) is 18.0 Å². The summed E-state index contributed by atoms with van der Waals surface area (Å²) in [4.78, 5) is 14.4. The third-order valence-electron chi connectivity index (χ3n) is 5.35. The van der Waals surface area contributed by atoms with Crippen LogP contribution in [0.3, 0.4) is 0 Å². The summed E-state index contributed by atoms with van der Waals surface area (Å²) in [6.07, 6.45) is 0.487. The molecular weight excluding hydrogens is 387 g/mol. The van der Waals surface area contributed by atoms with E-state index in [4.69, 9.17) is 27.9 Å². The average Bonchev–Trinajstić information content (AvgIpc) is 2.62. The first-order valence-corrected chi connectivity index (χ1v) is 9.93. The van der Waals surface area contributed by atoms with Gasteiger partial charge in [-0.05, 0) is 36.6 Å². The summed E-state index contributed by atoms with van der Waals surface area (Å²) in [6.45, 7) is 3.20. The number of likely N-dealkylation sites (tertiary alicyclic amines) is 1. The third-order valence-corrected chi connectivity index (χ3v) is 5.88. The number of aliphatic hydroxyl groups excluding tert-OH is 1. The second kappa shape index (κ2) is 7.84. The Morgan fingerprint density at radius 2 is 2.04 bits per heavy atom. The standard InChI is InChI=1S/C20H22Cl2N2O3/c21-15-4-5-19(17(22)7-15)27-12-16(25)11-23-8-13-6-14(10-23)18-2-1-3-20(26)24(18)9-13/h1-5,7,13-14,16,25H,6,8-12H2/t13-,14-,16-/m1/s1. The second-order valence-corrected chi connectivity index (χ2v) is 8.30. The molecule has 0 saturated carbocycles. The van der Waals surface area contributed by atoms with E-state index in [1.807, 2.05) is 16.7 Å². The van der Waals surface area contributed by atoms with Crippen LogP contribution in [-0.4, -0.2) is 46.9 Å². The van der Waals surface area contributed by atoms with Crippen LogP contribution >= 0.6 is 23.2 Å². The van der Waals surface area contributed by atoms with E-state index in [1.165, 1.54) is 0 Å². The number of aromatic nitrogens is 1. The summed E-state index contributed by atoms with van der Waals surface area (Å²) in [6, 6.07) is 10.6. The van der Waals surface area contributed by atoms with Gasteiger partial charge >= 0.3 is 0 Å². The molecular formula is C20H22Cl2N2O3. The number of rotatable bonds is 5. The predicted molar refractivity (Wildman–Crippen MR) is 106 cm³/mol. The van der Waals surface area contributed by atoms with Crippen LogP contribution in [0.2, 0.25) is 10.0 Å². The van der Waals surface area contributed by atoms with Crippen LogP contribution < -0.4 is 10.3 Å². The van der Waals surface area contributed by atoms with E-state index in [9.17, 15) is 9.90 Å². The summed E-state index contributed by atoms with van der Waals surface area (Å²) in [5.41, 5.74) is 1.20. The molecule has 2 aliphatic heterocycles. The lowest BCUT2D eigenvalue weighted by atomic mass is 9.83. The molecule has 0 aliphatic carbocycles. The number of nitrogens with zero attached hydrogens (tertiary/aromatic N) is 2. The van der Waals surface area contributed by atoms with Gasteiger partial charge in [0, 0.05) is 48.9 Å². The van der Waals surface area contributed by atoms with E-state index < -0.39 is 6.10 Å². The molecule has 0 unspecified atom stereocenters. The van der Waals surface area contributed by atoms with Crippen molar-refractivity contribution >= 4 is 23.2 Å². The summed E-state index contributed by atoms with van der Waals surface area (Å²) >= 11 is 12.0. The number of fused-ring (bicyclic) bond motifs is 4. The molecule has 3 heterocycles. The minimum Gasteiger partial charge on any atom is -0.489 e. The zero-order chi connectivity index (χ0) is 19.0. The maximum absolute atomic E-state index is 12.1. The zero-order valence-corrected chi connectivity index (χ0v) is 16.4. The van der Waals surface area contributed by atoms with Gasteiger partial charge in [-0.15, -0.1) is 0 Å². The predicted octanol–water partition coefficient (Wildman–Crippen LogP) is 3.01. The van der Waals surface area contributed by atoms with Crippen molar-refractivity contribution in [1.29, 1.82) is 0 Å². The van der Waals surface area contributed by atoms with E-state index >= 15 is 0 Å². The van der Waals surface area contributed by atoms with Gasteiger partial charge in [-0.1, -0.05) is 29.3 Å². The van der Waals surface area contributed by atoms with Crippen LogP contribution in [-0.2, 0) is 6.54 Å². The summed E-state index contributed by atoms with van der Waals surface area (Å²) in [5, 5.41) is 11.4. The Balaban J connectivity index is 1.36. The lowest BCUT2D eigenvalue weighted by Gasteiger charge is -2.43. The lowest BCUT2D eigenvalue weighted by molar-refractivity contribution is 0.0384. The number of benzene rings is 1. The highest BCUT2D eigenvalue weighted by Gasteiger charge is 2.34. The van der Waals surface area contributed by atoms with Gasteiger partial charge in [0.25, 0.3) is 5.56 Å². The van der Waals surface area contributed by atoms with Crippen molar-refractivity contribution in [3.05, 3.63) is 62.5 Å². The largest absolute Gasteiger partial charge is 0.489 e. The number of piperidine rings is 1. The summed E-state index contributed by atoms with van der Waals surface area (Å²) < 4.78 is 7.56. The fourth-order valence-electron chi connectivity index (χ4n) is 4.27. The van der Waals surface area contributed by atoms with Crippen LogP contribution in [0.25, 0.3) is 0 Å². The number of β-amino-alcohol motifs (C(OH)–C–C–N with tert-alkyl or cyclic N) is 1. The first kappa shape index (κ1) is 18.8. The van der Waals surface area contributed by atoms with Crippen molar-refractivity contribution in [3.63, 3.8) is 0 Å². The first-order valence-electron chi connectivity index (χ1n) is 9.17. The van der Waals surface area contributed by atoms with Crippen molar-refractivity contribution in [2.75, 3.05) is 26.2 Å². The van der Waals surface area contributed by atoms with Crippen LogP contribution in [0.15, 0.2) is 41.2 Å². The molecule has 7 heteroatoms. The minimum absolute atomic E-state index is 0.0870. The van der Waals surface area contributed by atoms with Crippen molar-refractivity contribution in [3.8, 4) is 5.75 Å². The summed E-state index contributed by atoms with van der Waals surface area (Å²) in [7, 11) is 0. The molecule has 3 atom stereocenters. The van der Waals surface area contributed by atoms with Crippen LogP contribution in [0.4, 0.5) is 0 Å². The highest BCUT2D eigenvalue weighted by Crippen LogP contribution is 2.35. The van der Waals surface area contributed by atoms with E-state index in [-0.39, 0.29) is 12.2 Å². The van der Waals surface area contributed by atoms with Crippen molar-refractivity contribution in [2.45, 2.75) is 25.0 Å². The molecule has 1 aromatic carbocycles. The van der Waals surface area contributed by atoms with Gasteiger partial charge in [-0.25, -0.2) is 0 Å². The topological polar surface area (TPSA) is 54.7 Å². The molecule has 5 nitrogen and oxygen atoms in total. The van der Waals surface area contributed by atoms with Gasteiger partial charge in [-0.2, -0.15) is 0 Å². The Labute approximate surface area is 168 Å². The number of halogens is 2. The van der Waals surface area contributed by atoms with Crippen molar-refractivity contribution in [2.24, 2.45) is 5.92 Å². The van der Waals surface area contributed by atoms with Gasteiger partial charge in [-0.3, -0.25) is 9.69 Å². The molecule has 2 bridgehead atoms. The van der Waals surface area contributed by atoms with Gasteiger partial charge < -0.3 is 14.4 Å². The molecule has 0 amide bonds. The SMILES string of the molecule is O=c1cccc2n1C[C@@H]1C[C@@H]2CN(C[C@@H](O)COc2ccc(Cl)cc2Cl)C1. The highest BCUT2D eigenvalue weighted by molar-refractivity contribution is 6.35. The van der Waals surface area contributed by atoms with Crippen LogP contribution in [0.5, 0.6) is 5.75 Å². The smallest absolute Gasteiger partial charge is 0.250 e. The molecule has 4 rings (SSSR count). The Hall–Kier alpha value is -1.53. The van der Waals surface area contributed by atoms with Crippen molar-refractivity contribution in [1.82, 2.24) is 9.47 Å². The molecule has 0 spiro atoms. The maximum atomic E-state index is 12.1. The fraction of sp³-hybridized carbons (Fsp3) is 0.450. The number of hydrogen-bond donors (Lipinski definition) is 1. The highest BCUT2D eigenvalue weighted by atomic mass is 35.5. The second-order valence-electron chi connectivity index (χ2n) is 7.46. The molecule has 2 aromatic rings. The number of aliphatic hydroxyl groups is 1. The first-order chi connectivity index (χ1) is 13.0. The molecule has 144 valence electrons. The monoisotopic (exact) mass is 408 g/mol. The number of pyridine rings is 1. The van der Waals surface area contributed by atoms with Gasteiger partial charge in [0.1, 0.15) is 18.5 Å². The zero-order valence-electron chi connectivity index (χ0n) is 14.9. The Morgan fingerprint density at radius 1 is 1.19 bits per heavy atom. The molecule has 27 heavy (non-hydrogen) atoms. The average molecular weight is 409 g/mol. The van der Waals surface area contributed by atoms with E-state index in [1.54, 1.807) is 24.3 Å². The van der Waals surface area contributed by atoms with E-state index in [2.05, 4.69) is 4.90 Å². The number of ether oxygens (including phenoxy) is 1. The maximum Gasteiger partial charge on any atom is 0.250 e. The molecule has 1 aromatic heterocycles. The molecule has 1 N–H and O–H groups in total. The summed E-state index contributed by atoms with van der Waals surface area (Å²) in [5.74, 6) is 1.30. The Bertz CT molecular complexity index is 886. The number of hydrogen-bond acceptors (Lipinski definition) is 4. The minimum atomic E-state index is -0.617. The molecule has 2 aliphatic rings. The molecule has 0 radical (unpaired) electrons. The van der Waals surface area contributed by atoms with Gasteiger partial charge in [0.15, 0.2) is 0 Å². The normalized spacial score (nSPS) is 22.9. The Morgan fingerprint density at radius 3 is 2.85 bits per heavy atom. The van der Waals surface area contributed by atoms with E-state index in [0.717, 1.165) is 31.7 Å². The Kier molecular flexibility index (Phi) is 5.46. The molecule has 1 fully saturated rings. The lowest BCUT2D eigenvalue weighted by Crippen LogP contribution is -2.49. The quantitative estimate of drug-likeness (QED) is 0.825. The van der Waals surface area contributed by atoms with Gasteiger partial charge in [0.2, 0.25) is 0 Å². The molecule has 1 saturated heterocycles. The van der Waals surface area contributed by atoms with E-state index in [0.29, 0.717) is 34.2 Å². The fourth-order valence-corrected chi connectivity index (χ4v) is 4.74. The third kappa shape index (κ3) is 4.16. The van der Waals surface area contributed by atoms with Crippen molar-refractivity contribution < 1.29 is 9.84 Å².